The van der Waals surface area contributed by atoms with Crippen LogP contribution in [0.25, 0.3) is 0 Å². The zero-order valence-corrected chi connectivity index (χ0v) is 16.5. The van der Waals surface area contributed by atoms with Crippen LogP contribution < -0.4 is 10.3 Å². The summed E-state index contributed by atoms with van der Waals surface area (Å²) in [6.45, 7) is 1.40. The summed E-state index contributed by atoms with van der Waals surface area (Å²) in [7, 11) is 0. The number of nitrogens with one attached hydrogen (secondary N) is 3. The van der Waals surface area contributed by atoms with E-state index in [1.807, 2.05) is 0 Å². The Kier molecular flexibility index (Phi) is 5.53. The van der Waals surface area contributed by atoms with Gasteiger partial charge in [0.25, 0.3) is 0 Å². The largest absolute Gasteiger partial charge is 0.456 e. The number of ether oxygens (including phenoxy) is 1. The minimum absolute atomic E-state index is 0.127. The standard InChI is InChI=1S/C19H24N8O3/c20-12-27(25-21)16-10-23-14(9-24-16)8-22-13-1-3-19(4-2-13)5-6-26(18(19)29)15-7-17(28)30-11-15/h7,9-10,12-13,20-22H,1-6,8,11H2. The Hall–Kier alpha value is -3.21. The lowest BCUT2D eigenvalue weighted by Crippen LogP contribution is -2.42. The molecule has 3 N–H and O–H groups in total. The smallest absolute Gasteiger partial charge is 0.333 e. The maximum absolute atomic E-state index is 13.0. The van der Waals surface area contributed by atoms with Crippen LogP contribution in [0.5, 0.6) is 0 Å². The van der Waals surface area contributed by atoms with E-state index < -0.39 is 0 Å². The predicted molar refractivity (Wildman–Crippen MR) is 105 cm³/mol. The highest BCUT2D eigenvalue weighted by molar-refractivity contribution is 5.90. The summed E-state index contributed by atoms with van der Waals surface area (Å²) in [6, 6.07) is 0.302. The molecule has 0 unspecified atom stereocenters. The molecule has 4 rings (SSSR count). The van der Waals surface area contributed by atoms with Crippen LogP contribution in [0.4, 0.5) is 5.82 Å². The molecule has 11 heteroatoms. The maximum atomic E-state index is 13.0. The second-order valence-corrected chi connectivity index (χ2v) is 7.83. The number of likely N-dealkylation sites (tertiary alicyclic amines) is 1. The molecule has 0 atom stereocenters. The fourth-order valence-electron chi connectivity index (χ4n) is 4.41. The van der Waals surface area contributed by atoms with Crippen LogP contribution in [0.15, 0.2) is 29.4 Å². The summed E-state index contributed by atoms with van der Waals surface area (Å²) in [5.41, 5.74) is 8.11. The normalized spacial score (nSPS) is 25.9. The third-order valence-electron chi connectivity index (χ3n) is 6.18. The first-order valence-electron chi connectivity index (χ1n) is 9.95. The van der Waals surface area contributed by atoms with Crippen LogP contribution in [-0.4, -0.2) is 52.3 Å². The average Bonchev–Trinajstić information content (AvgIpc) is 3.33. The van der Waals surface area contributed by atoms with E-state index in [-0.39, 0.29) is 23.9 Å². The van der Waals surface area contributed by atoms with Gasteiger partial charge in [0.15, 0.2) is 5.82 Å². The third-order valence-corrected chi connectivity index (χ3v) is 6.18. The van der Waals surface area contributed by atoms with E-state index in [1.165, 1.54) is 12.3 Å². The van der Waals surface area contributed by atoms with E-state index in [2.05, 4.69) is 20.5 Å². The molecule has 3 heterocycles. The molecule has 30 heavy (non-hydrogen) atoms. The lowest BCUT2D eigenvalue weighted by Gasteiger charge is -2.36. The summed E-state index contributed by atoms with van der Waals surface area (Å²) >= 11 is 0. The van der Waals surface area contributed by atoms with E-state index in [0.717, 1.165) is 49.1 Å². The van der Waals surface area contributed by atoms with Crippen molar-refractivity contribution in [3.63, 3.8) is 0 Å². The van der Waals surface area contributed by atoms with Crippen LogP contribution in [0, 0.1) is 16.4 Å². The van der Waals surface area contributed by atoms with Gasteiger partial charge in [0.2, 0.25) is 5.91 Å². The molecule has 1 spiro atoms. The van der Waals surface area contributed by atoms with Gasteiger partial charge in [0.05, 0.1) is 29.2 Å². The molecule has 11 nitrogen and oxygen atoms in total. The van der Waals surface area contributed by atoms with Crippen LogP contribution in [0.3, 0.4) is 0 Å². The van der Waals surface area contributed by atoms with E-state index in [4.69, 9.17) is 15.7 Å². The lowest BCUT2D eigenvalue weighted by molar-refractivity contribution is -0.138. The van der Waals surface area contributed by atoms with Gasteiger partial charge >= 0.3 is 5.97 Å². The van der Waals surface area contributed by atoms with E-state index >= 15 is 0 Å². The lowest BCUT2D eigenvalue weighted by atomic mass is 9.71. The Morgan fingerprint density at radius 1 is 1.30 bits per heavy atom. The Morgan fingerprint density at radius 3 is 2.70 bits per heavy atom. The fraction of sp³-hybridized carbons (Fsp3) is 0.526. The van der Waals surface area contributed by atoms with Crippen molar-refractivity contribution in [2.24, 2.45) is 10.6 Å². The van der Waals surface area contributed by atoms with Gasteiger partial charge < -0.3 is 15.0 Å². The minimum atomic E-state index is -0.373. The zero-order valence-electron chi connectivity index (χ0n) is 16.5. The molecule has 2 fully saturated rings. The van der Waals surface area contributed by atoms with Gasteiger partial charge in [0, 0.05) is 25.2 Å². The molecule has 1 aromatic rings. The number of hydrogen-bond acceptors (Lipinski definition) is 9. The maximum Gasteiger partial charge on any atom is 0.333 e. The van der Waals surface area contributed by atoms with Crippen molar-refractivity contribution in [2.45, 2.75) is 44.7 Å². The van der Waals surface area contributed by atoms with Gasteiger partial charge in [-0.25, -0.2) is 9.78 Å². The van der Waals surface area contributed by atoms with Crippen LogP contribution >= 0.6 is 0 Å². The number of aromatic nitrogens is 2. The summed E-state index contributed by atoms with van der Waals surface area (Å²) in [6.07, 6.45) is 9.68. The Bertz CT molecular complexity index is 868. The molecule has 1 aromatic heterocycles. The van der Waals surface area contributed by atoms with Crippen LogP contribution in [0.1, 0.15) is 37.8 Å². The highest BCUT2D eigenvalue weighted by atomic mass is 16.5. The summed E-state index contributed by atoms with van der Waals surface area (Å²) in [4.78, 5) is 34.6. The molecule has 0 bridgehead atoms. The average molecular weight is 412 g/mol. The SMILES string of the molecule is N=CN(N=N)c1cnc(CNC2CCC3(CC2)CCN(C2=CC(=O)OC2)C3=O)cn1. The Labute approximate surface area is 173 Å². The molecule has 1 aliphatic carbocycles. The van der Waals surface area contributed by atoms with Gasteiger partial charge in [0.1, 0.15) is 12.9 Å². The zero-order chi connectivity index (χ0) is 21.1. The van der Waals surface area contributed by atoms with Crippen molar-refractivity contribution in [2.75, 3.05) is 18.2 Å². The quantitative estimate of drug-likeness (QED) is 0.202. The van der Waals surface area contributed by atoms with Gasteiger partial charge in [-0.2, -0.15) is 10.5 Å². The number of hydrogen-bond donors (Lipinski definition) is 3. The van der Waals surface area contributed by atoms with Gasteiger partial charge in [-0.1, -0.05) is 5.22 Å². The van der Waals surface area contributed by atoms with E-state index in [9.17, 15) is 9.59 Å². The second-order valence-electron chi connectivity index (χ2n) is 7.83. The van der Waals surface area contributed by atoms with Crippen molar-refractivity contribution in [1.29, 1.82) is 10.9 Å². The van der Waals surface area contributed by atoms with Gasteiger partial charge in [-0.3, -0.25) is 15.2 Å². The van der Waals surface area contributed by atoms with Gasteiger partial charge in [-0.15, -0.1) is 0 Å². The van der Waals surface area contributed by atoms with Crippen molar-refractivity contribution < 1.29 is 14.3 Å². The third kappa shape index (κ3) is 3.80. The molecular weight excluding hydrogens is 388 g/mol. The fourth-order valence-corrected chi connectivity index (χ4v) is 4.41. The number of anilines is 1. The number of amides is 1. The number of carbonyl (C=O) groups excluding carboxylic acids is 2. The highest BCUT2D eigenvalue weighted by Crippen LogP contribution is 2.46. The molecule has 1 saturated heterocycles. The number of nitrogens with zero attached hydrogens (tertiary/aromatic N) is 5. The molecule has 1 amide bonds. The highest BCUT2D eigenvalue weighted by Gasteiger charge is 2.49. The van der Waals surface area contributed by atoms with Crippen molar-refractivity contribution >= 4 is 24.0 Å². The van der Waals surface area contributed by atoms with E-state index in [1.54, 1.807) is 11.1 Å². The molecule has 0 radical (unpaired) electrons. The molecule has 3 aliphatic rings. The monoisotopic (exact) mass is 412 g/mol. The first-order chi connectivity index (χ1) is 14.5. The summed E-state index contributed by atoms with van der Waals surface area (Å²) in [5, 5.41) is 14.8. The molecule has 2 aliphatic heterocycles. The number of esters is 1. The number of carbonyl (C=O) groups is 2. The summed E-state index contributed by atoms with van der Waals surface area (Å²) in [5.74, 6) is 0.0714. The molecule has 158 valence electrons. The van der Waals surface area contributed by atoms with Gasteiger partial charge in [-0.05, 0) is 32.1 Å². The first kappa shape index (κ1) is 20.1. The van der Waals surface area contributed by atoms with Crippen LogP contribution in [0.2, 0.25) is 0 Å². The molecule has 1 saturated carbocycles. The number of rotatable bonds is 7. The predicted octanol–water partition coefficient (Wildman–Crippen LogP) is 1.53. The van der Waals surface area contributed by atoms with Crippen molar-refractivity contribution in [1.82, 2.24) is 20.2 Å². The minimum Gasteiger partial charge on any atom is -0.456 e. The van der Waals surface area contributed by atoms with E-state index in [0.29, 0.717) is 30.6 Å². The summed E-state index contributed by atoms with van der Waals surface area (Å²) < 4.78 is 4.95. The van der Waals surface area contributed by atoms with Crippen LogP contribution in [-0.2, 0) is 20.9 Å². The topological polar surface area (TPSA) is 148 Å². The Morgan fingerprint density at radius 2 is 2.10 bits per heavy atom. The van der Waals surface area contributed by atoms with Crippen molar-refractivity contribution in [3.8, 4) is 0 Å². The second kappa shape index (κ2) is 8.27. The first-order valence-corrected chi connectivity index (χ1v) is 9.95. The van der Waals surface area contributed by atoms with Crippen molar-refractivity contribution in [3.05, 3.63) is 29.9 Å². The molecular formula is C19H24N8O3. The Balaban J connectivity index is 1.28. The molecule has 0 aromatic carbocycles. The number of cyclic esters (lactones) is 1.